The van der Waals surface area contributed by atoms with E-state index in [-0.39, 0.29) is 5.91 Å². The molecule has 3 heteroatoms. The van der Waals surface area contributed by atoms with Crippen molar-refractivity contribution in [2.75, 3.05) is 5.75 Å². The van der Waals surface area contributed by atoms with Gasteiger partial charge in [0.15, 0.2) is 0 Å². The van der Waals surface area contributed by atoms with Crippen LogP contribution >= 0.6 is 11.8 Å². The molecule has 0 aliphatic carbocycles. The molecule has 0 spiro atoms. The van der Waals surface area contributed by atoms with Gasteiger partial charge >= 0.3 is 0 Å². The van der Waals surface area contributed by atoms with E-state index in [1.54, 1.807) is 12.1 Å². The van der Waals surface area contributed by atoms with Gasteiger partial charge in [0, 0.05) is 17.1 Å². The summed E-state index contributed by atoms with van der Waals surface area (Å²) in [4.78, 5) is 10.8. The first-order chi connectivity index (χ1) is 7.24. The minimum absolute atomic E-state index is 0.372. The largest absolute Gasteiger partial charge is 0.366 e. The number of nitrogens with two attached hydrogens (primary N) is 1. The monoisotopic (exact) mass is 221 g/mol. The predicted octanol–water partition coefficient (Wildman–Crippen LogP) is 2.59. The first kappa shape index (κ1) is 11.9. The zero-order valence-corrected chi connectivity index (χ0v) is 9.59. The average Bonchev–Trinajstić information content (AvgIpc) is 2.25. The smallest absolute Gasteiger partial charge is 0.248 e. The van der Waals surface area contributed by atoms with Crippen molar-refractivity contribution >= 4 is 17.7 Å². The molecule has 2 N–H and O–H groups in total. The van der Waals surface area contributed by atoms with Crippen LogP contribution in [0.2, 0.25) is 0 Å². The molecule has 0 fully saturated rings. The zero-order chi connectivity index (χ0) is 11.1. The summed E-state index contributed by atoms with van der Waals surface area (Å²) in [6, 6.07) is 7.44. The number of primary amides is 1. The van der Waals surface area contributed by atoms with Gasteiger partial charge in [-0.3, -0.25) is 4.79 Å². The van der Waals surface area contributed by atoms with Gasteiger partial charge in [0.05, 0.1) is 0 Å². The third-order valence-electron chi connectivity index (χ3n) is 1.96. The number of hydrogen-bond donors (Lipinski definition) is 1. The Morgan fingerprint density at radius 3 is 2.60 bits per heavy atom. The second-order valence-electron chi connectivity index (χ2n) is 3.15. The molecule has 15 heavy (non-hydrogen) atoms. The molecule has 1 aromatic carbocycles. The molecule has 0 aromatic heterocycles. The zero-order valence-electron chi connectivity index (χ0n) is 8.77. The minimum atomic E-state index is -0.372. The minimum Gasteiger partial charge on any atom is -0.366 e. The molecular formula is C12H15NOS. The maximum absolute atomic E-state index is 10.8. The highest BCUT2D eigenvalue weighted by molar-refractivity contribution is 7.98. The number of carbonyl (C=O) groups excluding carboxylic acids is 1. The summed E-state index contributed by atoms with van der Waals surface area (Å²) in [6.07, 6.45) is 4.17. The standard InChI is InChI=1S/C12H15NOS/c1-2-3-8-15-9-10-4-6-11(7-5-10)12(13)14/h2-7H,8-9H2,1H3,(H2,13,14)/b3-2+. The quantitative estimate of drug-likeness (QED) is 0.613. The summed E-state index contributed by atoms with van der Waals surface area (Å²) in [6.45, 7) is 2.02. The number of carbonyl (C=O) groups is 1. The van der Waals surface area contributed by atoms with Gasteiger partial charge in [0.1, 0.15) is 0 Å². The van der Waals surface area contributed by atoms with Gasteiger partial charge < -0.3 is 5.73 Å². The Labute approximate surface area is 94.6 Å². The molecule has 0 saturated heterocycles. The molecule has 1 rings (SSSR count). The Bertz CT molecular complexity index is 343. The Hall–Kier alpha value is -1.22. The molecule has 2 nitrogen and oxygen atoms in total. The van der Waals surface area contributed by atoms with E-state index in [4.69, 9.17) is 5.73 Å². The fraction of sp³-hybridized carbons (Fsp3) is 0.250. The molecule has 0 radical (unpaired) electrons. The van der Waals surface area contributed by atoms with Crippen LogP contribution in [0.4, 0.5) is 0 Å². The molecule has 1 aromatic rings. The lowest BCUT2D eigenvalue weighted by Gasteiger charge is -2.00. The molecule has 1 amide bonds. The molecule has 0 heterocycles. The highest BCUT2D eigenvalue weighted by Gasteiger charge is 1.99. The van der Waals surface area contributed by atoms with E-state index in [2.05, 4.69) is 6.08 Å². The van der Waals surface area contributed by atoms with Crippen molar-refractivity contribution < 1.29 is 4.79 Å². The number of hydrogen-bond acceptors (Lipinski definition) is 2. The van der Waals surface area contributed by atoms with Crippen LogP contribution in [0.5, 0.6) is 0 Å². The van der Waals surface area contributed by atoms with Crippen LogP contribution < -0.4 is 5.73 Å². The average molecular weight is 221 g/mol. The molecule has 0 saturated carbocycles. The summed E-state index contributed by atoms with van der Waals surface area (Å²) in [5.41, 5.74) is 6.93. The van der Waals surface area contributed by atoms with Crippen LogP contribution in [0.25, 0.3) is 0 Å². The van der Waals surface area contributed by atoms with Gasteiger partial charge in [-0.1, -0.05) is 24.3 Å². The second kappa shape index (κ2) is 6.30. The third kappa shape index (κ3) is 4.21. The van der Waals surface area contributed by atoms with Gasteiger partial charge in [-0.2, -0.15) is 11.8 Å². The molecular weight excluding hydrogens is 206 g/mol. The number of allylic oxidation sites excluding steroid dienone is 1. The fourth-order valence-corrected chi connectivity index (χ4v) is 1.98. The highest BCUT2D eigenvalue weighted by atomic mass is 32.2. The van der Waals surface area contributed by atoms with E-state index in [1.165, 1.54) is 5.56 Å². The van der Waals surface area contributed by atoms with Gasteiger partial charge in [-0.05, 0) is 24.6 Å². The van der Waals surface area contributed by atoms with Crippen molar-refractivity contribution in [2.24, 2.45) is 5.73 Å². The maximum Gasteiger partial charge on any atom is 0.248 e. The first-order valence-electron chi connectivity index (χ1n) is 4.81. The molecule has 0 aliphatic heterocycles. The van der Waals surface area contributed by atoms with E-state index < -0.39 is 0 Å². The van der Waals surface area contributed by atoms with Crippen LogP contribution in [-0.4, -0.2) is 11.7 Å². The van der Waals surface area contributed by atoms with E-state index >= 15 is 0 Å². The summed E-state index contributed by atoms with van der Waals surface area (Å²) in [5.74, 6) is 1.61. The van der Waals surface area contributed by atoms with Gasteiger partial charge in [0.2, 0.25) is 5.91 Å². The predicted molar refractivity (Wildman–Crippen MR) is 65.9 cm³/mol. The van der Waals surface area contributed by atoms with Crippen molar-refractivity contribution in [3.63, 3.8) is 0 Å². The lowest BCUT2D eigenvalue weighted by molar-refractivity contribution is 0.100. The number of rotatable bonds is 5. The molecule has 0 atom stereocenters. The first-order valence-corrected chi connectivity index (χ1v) is 5.97. The second-order valence-corrected chi connectivity index (χ2v) is 4.18. The SMILES string of the molecule is C/C=C/CSCc1ccc(C(N)=O)cc1. The summed E-state index contributed by atoms with van der Waals surface area (Å²) in [5, 5.41) is 0. The van der Waals surface area contributed by atoms with Crippen LogP contribution in [0.1, 0.15) is 22.8 Å². The summed E-state index contributed by atoms with van der Waals surface area (Å²) < 4.78 is 0. The molecule has 0 unspecified atom stereocenters. The van der Waals surface area contributed by atoms with Gasteiger partial charge in [-0.25, -0.2) is 0 Å². The van der Waals surface area contributed by atoms with Crippen LogP contribution in [0, 0.1) is 0 Å². The lowest BCUT2D eigenvalue weighted by atomic mass is 10.1. The Balaban J connectivity index is 2.46. The van der Waals surface area contributed by atoms with Crippen molar-refractivity contribution in [3.05, 3.63) is 47.5 Å². The highest BCUT2D eigenvalue weighted by Crippen LogP contribution is 2.13. The summed E-state index contributed by atoms with van der Waals surface area (Å²) >= 11 is 1.84. The van der Waals surface area contributed by atoms with E-state index in [0.29, 0.717) is 5.56 Å². The molecule has 80 valence electrons. The van der Waals surface area contributed by atoms with E-state index in [1.807, 2.05) is 36.9 Å². The Morgan fingerprint density at radius 2 is 2.07 bits per heavy atom. The van der Waals surface area contributed by atoms with Crippen molar-refractivity contribution in [3.8, 4) is 0 Å². The molecule has 0 bridgehead atoms. The van der Waals surface area contributed by atoms with Crippen LogP contribution in [0.3, 0.4) is 0 Å². The van der Waals surface area contributed by atoms with Crippen LogP contribution in [-0.2, 0) is 5.75 Å². The Kier molecular flexibility index (Phi) is 4.98. The maximum atomic E-state index is 10.8. The molecule has 0 aliphatic rings. The Morgan fingerprint density at radius 1 is 1.40 bits per heavy atom. The lowest BCUT2D eigenvalue weighted by Crippen LogP contribution is -2.10. The fourth-order valence-electron chi connectivity index (χ4n) is 1.11. The van der Waals surface area contributed by atoms with Crippen LogP contribution in [0.15, 0.2) is 36.4 Å². The van der Waals surface area contributed by atoms with Crippen molar-refractivity contribution in [1.29, 1.82) is 0 Å². The third-order valence-corrected chi connectivity index (χ3v) is 2.92. The topological polar surface area (TPSA) is 43.1 Å². The normalized spacial score (nSPS) is 10.7. The van der Waals surface area contributed by atoms with Gasteiger partial charge in [-0.15, -0.1) is 0 Å². The summed E-state index contributed by atoms with van der Waals surface area (Å²) in [7, 11) is 0. The number of amides is 1. The number of benzene rings is 1. The van der Waals surface area contributed by atoms with E-state index in [9.17, 15) is 4.79 Å². The van der Waals surface area contributed by atoms with Gasteiger partial charge in [0.25, 0.3) is 0 Å². The van der Waals surface area contributed by atoms with Crippen molar-refractivity contribution in [1.82, 2.24) is 0 Å². The van der Waals surface area contributed by atoms with Crippen molar-refractivity contribution in [2.45, 2.75) is 12.7 Å². The van der Waals surface area contributed by atoms with E-state index in [0.717, 1.165) is 11.5 Å². The number of thioether (sulfide) groups is 1.